The van der Waals surface area contributed by atoms with Crippen molar-refractivity contribution >= 4 is 32.5 Å². The molecule has 0 saturated carbocycles. The molecule has 1 aromatic rings. The second-order valence-corrected chi connectivity index (χ2v) is 13.4. The van der Waals surface area contributed by atoms with Crippen molar-refractivity contribution in [3.05, 3.63) is 41.4 Å². The van der Waals surface area contributed by atoms with Crippen LogP contribution in [0.4, 0.5) is 0 Å². The standard InChI is InChI=1S/C9H9Se.3C2H5.Al/c1-2-8-10-9-6-4-3-5-7-9;3*1-2;/h2-8H,1H2;3*1H2,2H3;/q;;;;-1/b8-2+;;;;. The monoisotopic (exact) mass is 311 g/mol. The molecule has 0 spiro atoms. The van der Waals surface area contributed by atoms with Crippen LogP contribution in [0.2, 0.25) is 21.1 Å². The Hall–Kier alpha value is 0.0119. The van der Waals surface area contributed by atoms with Crippen LogP contribution in [0.15, 0.2) is 41.4 Å². The van der Waals surface area contributed by atoms with Gasteiger partial charge in [0.05, 0.1) is 0 Å². The summed E-state index contributed by atoms with van der Waals surface area (Å²) in [7, 11) is 0. The van der Waals surface area contributed by atoms with Crippen molar-refractivity contribution in [2.45, 2.75) is 41.9 Å². The van der Waals surface area contributed by atoms with E-state index in [0.717, 1.165) is 0 Å². The van der Waals surface area contributed by atoms with Crippen molar-refractivity contribution in [1.82, 2.24) is 0 Å². The summed E-state index contributed by atoms with van der Waals surface area (Å²) < 4.78 is 1.48. The van der Waals surface area contributed by atoms with Crippen molar-refractivity contribution in [2.75, 3.05) is 0 Å². The summed E-state index contributed by atoms with van der Waals surface area (Å²) in [5, 5.41) is 5.79. The molecule has 0 radical (unpaired) electrons. The maximum atomic E-state index is 2.48. The molecule has 0 aliphatic heterocycles. The molecule has 1 aromatic carbocycles. The van der Waals surface area contributed by atoms with Crippen LogP contribution in [0.3, 0.4) is 0 Å². The normalized spacial score (nSPS) is 12.2. The third-order valence-electron chi connectivity index (χ3n) is 4.28. The SMILES string of the molecule is C[CH2][Al-]([CH2]C)([CH2]C)[CH2]/C=C/[Se]c1ccccc1. The van der Waals surface area contributed by atoms with Gasteiger partial charge in [-0.2, -0.15) is 0 Å². The van der Waals surface area contributed by atoms with Gasteiger partial charge < -0.3 is 0 Å². The summed E-state index contributed by atoms with van der Waals surface area (Å²) in [6.07, 6.45) is 2.48. The Balaban J connectivity index is 2.44. The molecule has 0 heterocycles. The molecule has 2 heteroatoms. The molecule has 0 atom stereocenters. The first-order valence-electron chi connectivity index (χ1n) is 6.85. The average Bonchev–Trinajstić information content (AvgIpc) is 2.41. The van der Waals surface area contributed by atoms with E-state index in [1.54, 1.807) is 0 Å². The molecule has 17 heavy (non-hydrogen) atoms. The van der Waals surface area contributed by atoms with Gasteiger partial charge in [-0.3, -0.25) is 0 Å². The zero-order valence-corrected chi connectivity index (χ0v) is 14.2. The molecule has 0 N–H and O–H groups in total. The van der Waals surface area contributed by atoms with Crippen molar-refractivity contribution in [1.29, 1.82) is 0 Å². The zero-order valence-electron chi connectivity index (χ0n) is 11.4. The molecule has 0 saturated heterocycles. The van der Waals surface area contributed by atoms with E-state index < -0.39 is 13.1 Å². The van der Waals surface area contributed by atoms with E-state index in [9.17, 15) is 0 Å². The molecule has 0 aliphatic carbocycles. The van der Waals surface area contributed by atoms with Crippen LogP contribution in [0.1, 0.15) is 20.8 Å². The second-order valence-electron chi connectivity index (χ2n) is 5.00. The zero-order chi connectivity index (χ0) is 12.6. The van der Waals surface area contributed by atoms with Crippen LogP contribution in [0.25, 0.3) is 0 Å². The third-order valence-corrected chi connectivity index (χ3v) is 12.6. The van der Waals surface area contributed by atoms with Gasteiger partial charge in [-0.15, -0.1) is 0 Å². The van der Waals surface area contributed by atoms with Crippen molar-refractivity contribution < 1.29 is 0 Å². The maximum absolute atomic E-state index is 2.48. The van der Waals surface area contributed by atoms with Gasteiger partial charge in [-0.05, 0) is 0 Å². The minimum atomic E-state index is -1.23. The summed E-state index contributed by atoms with van der Waals surface area (Å²) in [5.74, 6) is 0. The number of hydrogen-bond acceptors (Lipinski definition) is 0. The van der Waals surface area contributed by atoms with Gasteiger partial charge in [-0.1, -0.05) is 0 Å². The first-order valence-corrected chi connectivity index (χ1v) is 12.0. The van der Waals surface area contributed by atoms with Gasteiger partial charge in [0.15, 0.2) is 0 Å². The fraction of sp³-hybridized carbons (Fsp3) is 0.467. The summed E-state index contributed by atoms with van der Waals surface area (Å²) in [4.78, 5) is 2.43. The van der Waals surface area contributed by atoms with Crippen LogP contribution in [0.5, 0.6) is 0 Å². The van der Waals surface area contributed by atoms with Crippen LogP contribution >= 0.6 is 0 Å². The summed E-state index contributed by atoms with van der Waals surface area (Å²) in [5.41, 5.74) is 0. The quantitative estimate of drug-likeness (QED) is 0.667. The number of allylic oxidation sites excluding steroid dienone is 1. The van der Waals surface area contributed by atoms with Crippen LogP contribution in [-0.2, 0) is 0 Å². The first kappa shape index (κ1) is 15.1. The van der Waals surface area contributed by atoms with Gasteiger partial charge >= 0.3 is 116 Å². The van der Waals surface area contributed by atoms with Crippen molar-refractivity contribution in [3.63, 3.8) is 0 Å². The first-order chi connectivity index (χ1) is 8.26. The summed E-state index contributed by atoms with van der Waals surface area (Å²) in [6, 6.07) is 10.8. The molecule has 0 nitrogen and oxygen atoms in total. The minimum absolute atomic E-state index is 0.529. The van der Waals surface area contributed by atoms with Gasteiger partial charge in [0, 0.05) is 0 Å². The molecule has 0 unspecified atom stereocenters. The molecular weight excluding hydrogens is 286 g/mol. The Morgan fingerprint density at radius 2 is 1.59 bits per heavy atom. The van der Waals surface area contributed by atoms with Gasteiger partial charge in [-0.25, -0.2) is 0 Å². The van der Waals surface area contributed by atoms with E-state index >= 15 is 0 Å². The van der Waals surface area contributed by atoms with E-state index in [2.05, 4.69) is 62.2 Å². The fourth-order valence-electron chi connectivity index (χ4n) is 2.34. The van der Waals surface area contributed by atoms with E-state index in [4.69, 9.17) is 0 Å². The Morgan fingerprint density at radius 3 is 2.12 bits per heavy atom. The van der Waals surface area contributed by atoms with Crippen molar-refractivity contribution in [2.24, 2.45) is 0 Å². The Bertz CT molecular complexity index is 320. The summed E-state index contributed by atoms with van der Waals surface area (Å²) >= 11 is -0.699. The molecule has 0 aromatic heterocycles. The van der Waals surface area contributed by atoms with E-state index in [-0.39, 0.29) is 0 Å². The Labute approximate surface area is 115 Å². The number of benzene rings is 1. The van der Waals surface area contributed by atoms with E-state index in [0.29, 0.717) is 15.0 Å². The molecule has 94 valence electrons. The van der Waals surface area contributed by atoms with E-state index in [1.807, 2.05) is 0 Å². The predicted octanol–water partition coefficient (Wildman–Crippen LogP) is 4.04. The molecule has 1 rings (SSSR count). The molecule has 0 fully saturated rings. The topological polar surface area (TPSA) is 0 Å². The van der Waals surface area contributed by atoms with Gasteiger partial charge in [0.2, 0.25) is 0 Å². The molecule has 0 bridgehead atoms. The van der Waals surface area contributed by atoms with E-state index in [1.165, 1.54) is 25.6 Å². The van der Waals surface area contributed by atoms with Crippen LogP contribution in [-0.4, -0.2) is 28.0 Å². The van der Waals surface area contributed by atoms with Gasteiger partial charge in [0.1, 0.15) is 0 Å². The van der Waals surface area contributed by atoms with Gasteiger partial charge in [0.25, 0.3) is 0 Å². The number of rotatable bonds is 7. The Kier molecular flexibility index (Phi) is 7.25. The summed E-state index contributed by atoms with van der Waals surface area (Å²) in [6.45, 7) is 7.19. The number of hydrogen-bond donors (Lipinski definition) is 0. The van der Waals surface area contributed by atoms with Crippen LogP contribution in [0, 0.1) is 0 Å². The molecule has 0 aliphatic rings. The fourth-order valence-corrected chi connectivity index (χ4v) is 7.65. The van der Waals surface area contributed by atoms with Crippen molar-refractivity contribution in [3.8, 4) is 0 Å². The third kappa shape index (κ3) is 5.03. The Morgan fingerprint density at radius 1 is 1.00 bits per heavy atom. The molecule has 0 amide bonds. The van der Waals surface area contributed by atoms with Crippen LogP contribution < -0.4 is 4.46 Å². The predicted molar refractivity (Wildman–Crippen MR) is 83.0 cm³/mol. The molecular formula is C15H24AlSe-. The average molecular weight is 310 g/mol. The second kappa shape index (κ2) is 8.17.